The van der Waals surface area contributed by atoms with E-state index in [9.17, 15) is 0 Å². The second kappa shape index (κ2) is 4.82. The fraction of sp³-hybridized carbons (Fsp3) is 0.222. The molecule has 0 saturated carbocycles. The van der Waals surface area contributed by atoms with Crippen molar-refractivity contribution in [3.05, 3.63) is 76.5 Å². The molecule has 0 spiro atoms. The number of fused-ring (bicyclic) bond motifs is 1. The standard InChI is InChI=1S/C18H20Si/c1-19(2,14-15-8-4-3-5-9-15)18-12-16-10-6-7-11-17(16)13-18/h3-12H,13-14H2,1-2H3. The van der Waals surface area contributed by atoms with Gasteiger partial charge in [-0.05, 0) is 23.6 Å². The summed E-state index contributed by atoms with van der Waals surface area (Å²) in [5.74, 6) is 0. The molecule has 0 aromatic heterocycles. The highest BCUT2D eigenvalue weighted by atomic mass is 28.3. The van der Waals surface area contributed by atoms with Crippen molar-refractivity contribution < 1.29 is 0 Å². The Kier molecular flexibility index (Phi) is 3.15. The zero-order valence-electron chi connectivity index (χ0n) is 11.7. The molecular weight excluding hydrogens is 244 g/mol. The predicted molar refractivity (Wildman–Crippen MR) is 85.8 cm³/mol. The van der Waals surface area contributed by atoms with Crippen molar-refractivity contribution in [2.24, 2.45) is 0 Å². The van der Waals surface area contributed by atoms with E-state index in [1.165, 1.54) is 29.2 Å². The molecular formula is C18H20Si. The van der Waals surface area contributed by atoms with E-state index in [0.29, 0.717) is 0 Å². The van der Waals surface area contributed by atoms with Crippen molar-refractivity contribution in [1.29, 1.82) is 0 Å². The average molecular weight is 264 g/mol. The summed E-state index contributed by atoms with van der Waals surface area (Å²) >= 11 is 0. The molecule has 1 aliphatic carbocycles. The summed E-state index contributed by atoms with van der Waals surface area (Å²) in [4.78, 5) is 0. The highest BCUT2D eigenvalue weighted by Crippen LogP contribution is 2.32. The Balaban J connectivity index is 1.83. The first-order valence-corrected chi connectivity index (χ1v) is 10.2. The quantitative estimate of drug-likeness (QED) is 0.708. The molecule has 2 aromatic carbocycles. The zero-order chi connectivity index (χ0) is 13.3. The minimum atomic E-state index is -1.35. The Labute approximate surface area is 116 Å². The minimum Gasteiger partial charge on any atom is -0.0756 e. The van der Waals surface area contributed by atoms with Crippen LogP contribution in [0.15, 0.2) is 59.8 Å². The number of hydrogen-bond donors (Lipinski definition) is 0. The van der Waals surface area contributed by atoms with E-state index < -0.39 is 8.07 Å². The fourth-order valence-electron chi connectivity index (χ4n) is 2.93. The summed E-state index contributed by atoms with van der Waals surface area (Å²) in [5, 5.41) is 1.69. The number of allylic oxidation sites excluding steroid dienone is 1. The maximum absolute atomic E-state index is 2.50. The Morgan fingerprint density at radius 3 is 2.32 bits per heavy atom. The lowest BCUT2D eigenvalue weighted by Crippen LogP contribution is -2.32. The summed E-state index contributed by atoms with van der Waals surface area (Å²) in [7, 11) is -1.35. The Morgan fingerprint density at radius 2 is 1.58 bits per heavy atom. The molecule has 0 nitrogen and oxygen atoms in total. The molecule has 3 rings (SSSR count). The number of rotatable bonds is 3. The normalized spacial score (nSPS) is 14.1. The van der Waals surface area contributed by atoms with Gasteiger partial charge in [0.15, 0.2) is 0 Å². The van der Waals surface area contributed by atoms with Gasteiger partial charge in [-0.1, -0.05) is 84.5 Å². The molecule has 0 bridgehead atoms. The molecule has 0 unspecified atom stereocenters. The topological polar surface area (TPSA) is 0 Å². The molecule has 0 saturated heterocycles. The van der Waals surface area contributed by atoms with Crippen LogP contribution in [0.4, 0.5) is 0 Å². The van der Waals surface area contributed by atoms with Gasteiger partial charge in [-0.25, -0.2) is 0 Å². The van der Waals surface area contributed by atoms with Crippen LogP contribution in [0.5, 0.6) is 0 Å². The molecule has 0 N–H and O–H groups in total. The third-order valence-electron chi connectivity index (χ3n) is 4.12. The summed E-state index contributed by atoms with van der Waals surface area (Å²) in [6.07, 6.45) is 3.62. The van der Waals surface area contributed by atoms with Crippen molar-refractivity contribution in [1.82, 2.24) is 0 Å². The van der Waals surface area contributed by atoms with Crippen molar-refractivity contribution in [3.8, 4) is 0 Å². The minimum absolute atomic E-state index is 1.17. The van der Waals surface area contributed by atoms with E-state index in [0.717, 1.165) is 0 Å². The van der Waals surface area contributed by atoms with Gasteiger partial charge in [0, 0.05) is 0 Å². The summed E-state index contributed by atoms with van der Waals surface area (Å²) in [6.45, 7) is 5.00. The van der Waals surface area contributed by atoms with E-state index in [1.807, 2.05) is 0 Å². The summed E-state index contributed by atoms with van der Waals surface area (Å²) in [5.41, 5.74) is 4.42. The molecule has 0 aliphatic heterocycles. The smallest absolute Gasteiger partial charge is 0.0756 e. The van der Waals surface area contributed by atoms with E-state index in [1.54, 1.807) is 5.20 Å². The molecule has 0 fully saturated rings. The van der Waals surface area contributed by atoms with Crippen LogP contribution in [0.1, 0.15) is 16.7 Å². The van der Waals surface area contributed by atoms with Crippen molar-refractivity contribution >= 4 is 14.1 Å². The van der Waals surface area contributed by atoms with Gasteiger partial charge < -0.3 is 0 Å². The SMILES string of the molecule is C[Si](C)(Cc1ccccc1)C1=Cc2ccccc2C1. The van der Waals surface area contributed by atoms with Gasteiger partial charge in [0.1, 0.15) is 0 Å². The van der Waals surface area contributed by atoms with Crippen molar-refractivity contribution in [2.75, 3.05) is 0 Å². The Bertz CT molecular complexity index is 609. The van der Waals surface area contributed by atoms with E-state index >= 15 is 0 Å². The second-order valence-corrected chi connectivity index (χ2v) is 10.9. The second-order valence-electron chi connectivity index (χ2n) is 6.09. The van der Waals surface area contributed by atoms with Crippen LogP contribution in [0.25, 0.3) is 6.08 Å². The highest BCUT2D eigenvalue weighted by molar-refractivity contribution is 6.84. The van der Waals surface area contributed by atoms with Gasteiger partial charge in [0.05, 0.1) is 8.07 Å². The third kappa shape index (κ3) is 2.57. The number of benzene rings is 2. The lowest BCUT2D eigenvalue weighted by atomic mass is 10.1. The van der Waals surface area contributed by atoms with Gasteiger partial charge in [-0.2, -0.15) is 0 Å². The van der Waals surface area contributed by atoms with E-state index in [4.69, 9.17) is 0 Å². The molecule has 2 aromatic rings. The predicted octanol–water partition coefficient (Wildman–Crippen LogP) is 4.66. The van der Waals surface area contributed by atoms with Crippen LogP contribution in [0.3, 0.4) is 0 Å². The summed E-state index contributed by atoms with van der Waals surface area (Å²) < 4.78 is 0. The lowest BCUT2D eigenvalue weighted by Gasteiger charge is -2.24. The molecule has 96 valence electrons. The Morgan fingerprint density at radius 1 is 0.895 bits per heavy atom. The zero-order valence-corrected chi connectivity index (χ0v) is 12.7. The first-order chi connectivity index (χ1) is 9.15. The highest BCUT2D eigenvalue weighted by Gasteiger charge is 2.29. The Hall–Kier alpha value is -1.60. The van der Waals surface area contributed by atoms with Gasteiger partial charge in [0.25, 0.3) is 0 Å². The van der Waals surface area contributed by atoms with E-state index in [2.05, 4.69) is 73.8 Å². The van der Waals surface area contributed by atoms with Crippen LogP contribution in [-0.2, 0) is 12.5 Å². The fourth-order valence-corrected chi connectivity index (χ4v) is 5.63. The van der Waals surface area contributed by atoms with Crippen LogP contribution in [-0.4, -0.2) is 8.07 Å². The number of hydrogen-bond acceptors (Lipinski definition) is 0. The first-order valence-electron chi connectivity index (χ1n) is 6.98. The van der Waals surface area contributed by atoms with Crippen molar-refractivity contribution in [3.63, 3.8) is 0 Å². The molecule has 0 amide bonds. The molecule has 1 aliphatic rings. The van der Waals surface area contributed by atoms with Gasteiger partial charge >= 0.3 is 0 Å². The van der Waals surface area contributed by atoms with E-state index in [-0.39, 0.29) is 0 Å². The average Bonchev–Trinajstić information content (AvgIpc) is 2.84. The third-order valence-corrected chi connectivity index (χ3v) is 7.48. The molecule has 1 heteroatoms. The monoisotopic (exact) mass is 264 g/mol. The van der Waals surface area contributed by atoms with Crippen LogP contribution in [0, 0.1) is 0 Å². The molecule has 19 heavy (non-hydrogen) atoms. The molecule has 0 atom stereocenters. The largest absolute Gasteiger partial charge is 0.0802 e. The maximum atomic E-state index is 2.50. The van der Waals surface area contributed by atoms with Gasteiger partial charge in [0.2, 0.25) is 0 Å². The molecule has 0 heterocycles. The first kappa shape index (κ1) is 12.4. The maximum Gasteiger partial charge on any atom is 0.0802 e. The van der Waals surface area contributed by atoms with Crippen LogP contribution in [0.2, 0.25) is 13.1 Å². The van der Waals surface area contributed by atoms with Crippen LogP contribution < -0.4 is 0 Å². The van der Waals surface area contributed by atoms with Gasteiger partial charge in [-0.15, -0.1) is 0 Å². The van der Waals surface area contributed by atoms with Crippen LogP contribution >= 0.6 is 0 Å². The lowest BCUT2D eigenvalue weighted by molar-refractivity contribution is 1.22. The van der Waals surface area contributed by atoms with Crippen molar-refractivity contribution in [2.45, 2.75) is 25.6 Å². The van der Waals surface area contributed by atoms with Gasteiger partial charge in [-0.3, -0.25) is 0 Å². The summed E-state index contributed by atoms with van der Waals surface area (Å²) in [6, 6.07) is 21.0. The molecule has 0 radical (unpaired) electrons.